The van der Waals surface area contributed by atoms with Crippen LogP contribution >= 0.6 is 11.8 Å². The van der Waals surface area contributed by atoms with Crippen LogP contribution in [0.3, 0.4) is 0 Å². The summed E-state index contributed by atoms with van der Waals surface area (Å²) in [5, 5.41) is -1.33. The topological polar surface area (TPSA) is 64.4 Å². The van der Waals surface area contributed by atoms with Gasteiger partial charge in [0, 0.05) is 39.0 Å². The highest BCUT2D eigenvalue weighted by Gasteiger charge is 2.47. The van der Waals surface area contributed by atoms with Crippen LogP contribution in [0.25, 0.3) is 0 Å². The summed E-state index contributed by atoms with van der Waals surface area (Å²) in [4.78, 5) is 4.16. The number of hydrogen-bond acceptors (Lipinski definition) is 5. The molecule has 0 amide bonds. The molecule has 6 nitrogen and oxygen atoms in total. The fraction of sp³-hybridized carbons (Fsp3) is 0.526. The van der Waals surface area contributed by atoms with Crippen molar-refractivity contribution in [2.75, 3.05) is 19.7 Å². The van der Waals surface area contributed by atoms with Gasteiger partial charge in [-0.2, -0.15) is 17.5 Å². The standard InChI is InChI=1S/C19H22F3N3O3S2/c1-24-10-7-23-18(24)29-17(19(20,21)22)13-4-8-25(9-5-13)30(26,27)15-2-3-16-14(12-15)6-11-28-16/h2-3,7,10,12-13,17H,4-6,8-9,11H2,1H3. The zero-order chi connectivity index (χ0) is 21.5. The fourth-order valence-corrected chi connectivity index (χ4v) is 6.60. The molecule has 0 saturated carbocycles. The molecule has 0 aliphatic carbocycles. The SMILES string of the molecule is Cn1ccnc1SC(C1CCN(S(=O)(=O)c2ccc3c(c2)CCO3)CC1)C(F)(F)F. The third-order valence-electron chi connectivity index (χ3n) is 5.56. The summed E-state index contributed by atoms with van der Waals surface area (Å²) in [5.41, 5.74) is 0.842. The van der Waals surface area contributed by atoms with E-state index in [-0.39, 0.29) is 30.8 Å². The number of rotatable bonds is 5. The van der Waals surface area contributed by atoms with Crippen molar-refractivity contribution in [3.63, 3.8) is 0 Å². The van der Waals surface area contributed by atoms with Crippen molar-refractivity contribution in [3.8, 4) is 5.75 Å². The number of ether oxygens (including phenoxy) is 1. The van der Waals surface area contributed by atoms with Crippen LogP contribution in [0.15, 0.2) is 40.6 Å². The molecule has 1 aromatic heterocycles. The van der Waals surface area contributed by atoms with Crippen molar-refractivity contribution < 1.29 is 26.3 Å². The molecule has 4 rings (SSSR count). The molecule has 1 unspecified atom stereocenters. The van der Waals surface area contributed by atoms with E-state index in [0.717, 1.165) is 5.56 Å². The molecule has 2 aromatic rings. The minimum Gasteiger partial charge on any atom is -0.493 e. The quantitative estimate of drug-likeness (QED) is 0.638. The van der Waals surface area contributed by atoms with E-state index in [9.17, 15) is 21.6 Å². The van der Waals surface area contributed by atoms with Gasteiger partial charge >= 0.3 is 6.18 Å². The van der Waals surface area contributed by atoms with Crippen molar-refractivity contribution in [2.45, 2.75) is 40.7 Å². The summed E-state index contributed by atoms with van der Waals surface area (Å²) < 4.78 is 75.5. The van der Waals surface area contributed by atoms with E-state index in [2.05, 4.69) is 4.98 Å². The second-order valence-electron chi connectivity index (χ2n) is 7.51. The van der Waals surface area contributed by atoms with Gasteiger partial charge in [0.25, 0.3) is 0 Å². The number of piperidine rings is 1. The average Bonchev–Trinajstić information content (AvgIpc) is 3.33. The van der Waals surface area contributed by atoms with Crippen LogP contribution in [0.4, 0.5) is 13.2 Å². The number of hydrogen-bond donors (Lipinski definition) is 0. The number of aryl methyl sites for hydroxylation is 1. The number of fused-ring (bicyclic) bond motifs is 1. The first-order valence-electron chi connectivity index (χ1n) is 9.63. The number of thioether (sulfide) groups is 1. The molecule has 11 heteroatoms. The van der Waals surface area contributed by atoms with Gasteiger partial charge in [-0.25, -0.2) is 13.4 Å². The van der Waals surface area contributed by atoms with Gasteiger partial charge in [-0.05, 0) is 42.5 Å². The maximum atomic E-state index is 13.7. The Hall–Kier alpha value is -1.72. The third-order valence-corrected chi connectivity index (χ3v) is 8.96. The molecule has 0 bridgehead atoms. The van der Waals surface area contributed by atoms with Crippen LogP contribution in [0.5, 0.6) is 5.75 Å². The highest BCUT2D eigenvalue weighted by Crippen LogP contribution is 2.43. The Morgan fingerprint density at radius 2 is 2.00 bits per heavy atom. The lowest BCUT2D eigenvalue weighted by atomic mass is 9.94. The molecule has 3 heterocycles. The normalized spacial score (nSPS) is 19.5. The van der Waals surface area contributed by atoms with Crippen LogP contribution in [0.2, 0.25) is 0 Å². The molecule has 2 aliphatic heterocycles. The van der Waals surface area contributed by atoms with Crippen LogP contribution in [0.1, 0.15) is 18.4 Å². The fourth-order valence-electron chi connectivity index (χ4n) is 3.90. The molecule has 1 fully saturated rings. The Bertz CT molecular complexity index is 1020. The zero-order valence-corrected chi connectivity index (χ0v) is 17.9. The summed E-state index contributed by atoms with van der Waals surface area (Å²) >= 11 is 0.699. The van der Waals surface area contributed by atoms with E-state index >= 15 is 0 Å². The second kappa shape index (κ2) is 8.08. The van der Waals surface area contributed by atoms with Gasteiger partial charge in [-0.15, -0.1) is 0 Å². The van der Waals surface area contributed by atoms with Crippen molar-refractivity contribution >= 4 is 21.8 Å². The van der Waals surface area contributed by atoms with Gasteiger partial charge in [0.05, 0.1) is 11.5 Å². The zero-order valence-electron chi connectivity index (χ0n) is 16.3. The van der Waals surface area contributed by atoms with Gasteiger partial charge in [-0.1, -0.05) is 11.8 Å². The van der Waals surface area contributed by atoms with Crippen molar-refractivity contribution in [1.29, 1.82) is 0 Å². The van der Waals surface area contributed by atoms with Crippen LogP contribution < -0.4 is 4.74 Å². The van der Waals surface area contributed by atoms with Crippen molar-refractivity contribution in [1.82, 2.24) is 13.9 Å². The lowest BCUT2D eigenvalue weighted by Crippen LogP contribution is -2.44. The molecule has 1 saturated heterocycles. The number of sulfonamides is 1. The lowest BCUT2D eigenvalue weighted by molar-refractivity contribution is -0.140. The van der Waals surface area contributed by atoms with Crippen LogP contribution in [0, 0.1) is 5.92 Å². The number of benzene rings is 1. The molecular formula is C19H22F3N3O3S2. The van der Waals surface area contributed by atoms with Gasteiger partial charge in [0.2, 0.25) is 10.0 Å². The number of aromatic nitrogens is 2. The maximum absolute atomic E-state index is 13.7. The Kier molecular flexibility index (Phi) is 5.80. The monoisotopic (exact) mass is 461 g/mol. The molecule has 30 heavy (non-hydrogen) atoms. The molecule has 164 valence electrons. The van der Waals surface area contributed by atoms with Gasteiger partial charge in [0.15, 0.2) is 5.16 Å². The Morgan fingerprint density at radius 1 is 1.27 bits per heavy atom. The van der Waals surface area contributed by atoms with E-state index in [1.807, 2.05) is 0 Å². The van der Waals surface area contributed by atoms with Crippen molar-refractivity contribution in [2.24, 2.45) is 13.0 Å². The summed E-state index contributed by atoms with van der Waals surface area (Å²) in [6.45, 7) is 0.652. The Balaban J connectivity index is 1.47. The summed E-state index contributed by atoms with van der Waals surface area (Å²) in [7, 11) is -2.10. The summed E-state index contributed by atoms with van der Waals surface area (Å²) in [6, 6.07) is 4.76. The van der Waals surface area contributed by atoms with E-state index in [4.69, 9.17) is 4.74 Å². The smallest absolute Gasteiger partial charge is 0.401 e. The second-order valence-corrected chi connectivity index (χ2v) is 10.6. The van der Waals surface area contributed by atoms with Gasteiger partial charge in [0.1, 0.15) is 11.0 Å². The number of halogens is 3. The van der Waals surface area contributed by atoms with E-state index in [1.165, 1.54) is 16.6 Å². The molecule has 0 N–H and O–H groups in total. The molecular weight excluding hydrogens is 439 g/mol. The molecule has 2 aliphatic rings. The van der Waals surface area contributed by atoms with E-state index < -0.39 is 27.4 Å². The first kappa shape index (κ1) is 21.5. The first-order chi connectivity index (χ1) is 14.2. The van der Waals surface area contributed by atoms with Crippen LogP contribution in [-0.4, -0.2) is 53.4 Å². The van der Waals surface area contributed by atoms with E-state index in [0.29, 0.717) is 35.7 Å². The molecule has 1 atom stereocenters. The predicted octanol–water partition coefficient (Wildman–Crippen LogP) is 3.48. The Morgan fingerprint density at radius 3 is 2.63 bits per heavy atom. The summed E-state index contributed by atoms with van der Waals surface area (Å²) in [5.74, 6) is 0.0126. The first-order valence-corrected chi connectivity index (χ1v) is 11.9. The third kappa shape index (κ3) is 4.19. The molecule has 0 spiro atoms. The highest BCUT2D eigenvalue weighted by atomic mass is 32.2. The largest absolute Gasteiger partial charge is 0.493 e. The highest BCUT2D eigenvalue weighted by molar-refractivity contribution is 7.99. The average molecular weight is 462 g/mol. The number of imidazole rings is 1. The Labute approximate surface area is 177 Å². The molecule has 1 aromatic carbocycles. The van der Waals surface area contributed by atoms with Gasteiger partial charge < -0.3 is 9.30 Å². The minimum atomic E-state index is -4.40. The molecule has 0 radical (unpaired) electrons. The van der Waals surface area contributed by atoms with Gasteiger partial charge in [-0.3, -0.25) is 0 Å². The minimum absolute atomic E-state index is 0.0638. The lowest BCUT2D eigenvalue weighted by Gasteiger charge is -2.35. The van der Waals surface area contributed by atoms with E-state index in [1.54, 1.807) is 29.9 Å². The summed E-state index contributed by atoms with van der Waals surface area (Å²) in [6.07, 6.45) is -0.385. The maximum Gasteiger partial charge on any atom is 0.401 e. The number of alkyl halides is 3. The van der Waals surface area contributed by atoms with Crippen molar-refractivity contribution in [3.05, 3.63) is 36.2 Å². The number of nitrogens with zero attached hydrogens (tertiary/aromatic N) is 3. The predicted molar refractivity (Wildman–Crippen MR) is 106 cm³/mol. The van der Waals surface area contributed by atoms with Crippen LogP contribution in [-0.2, 0) is 23.5 Å².